The Morgan fingerprint density at radius 1 is 0.938 bits per heavy atom. The molecule has 7 nitrogen and oxygen atoms in total. The van der Waals surface area contributed by atoms with Gasteiger partial charge in [-0.1, -0.05) is 13.8 Å². The van der Waals surface area contributed by atoms with E-state index in [1.54, 1.807) is 13.8 Å². The van der Waals surface area contributed by atoms with Crippen LogP contribution in [0.15, 0.2) is 0 Å². The van der Waals surface area contributed by atoms with Crippen LogP contribution in [0.3, 0.4) is 0 Å². The largest absolute Gasteiger partial charge is 0.573 e. The van der Waals surface area contributed by atoms with E-state index in [-0.39, 0.29) is 0 Å². The van der Waals surface area contributed by atoms with E-state index in [1.807, 2.05) is 0 Å². The summed E-state index contributed by atoms with van der Waals surface area (Å²) in [6.45, 7) is 3.61. The molecular formula is C9H18O7. The third-order valence-corrected chi connectivity index (χ3v) is 1.64. The average Bonchev–Trinajstić information content (AvgIpc) is 2.31. The van der Waals surface area contributed by atoms with E-state index in [4.69, 9.17) is 9.47 Å². The molecule has 0 aliphatic carbocycles. The molecule has 0 saturated heterocycles. The zero-order valence-corrected chi connectivity index (χ0v) is 9.93. The van der Waals surface area contributed by atoms with Gasteiger partial charge in [0, 0.05) is 14.2 Å². The first-order valence-electron chi connectivity index (χ1n) is 4.94. The Labute approximate surface area is 94.4 Å². The molecule has 0 aromatic rings. The van der Waals surface area contributed by atoms with Crippen molar-refractivity contribution in [3.63, 3.8) is 0 Å². The number of carbonyl (C=O) groups is 1. The minimum atomic E-state index is -1.12. The fourth-order valence-electron chi connectivity index (χ4n) is 0.748. The van der Waals surface area contributed by atoms with Crippen LogP contribution in [0.5, 0.6) is 0 Å². The molecule has 2 atom stereocenters. The molecule has 7 heteroatoms. The molecule has 0 fully saturated rings. The quantitative estimate of drug-likeness (QED) is 0.362. The van der Waals surface area contributed by atoms with Crippen molar-refractivity contribution in [1.82, 2.24) is 0 Å². The van der Waals surface area contributed by atoms with Crippen LogP contribution in [0.25, 0.3) is 0 Å². The molecular weight excluding hydrogens is 220 g/mol. The van der Waals surface area contributed by atoms with Gasteiger partial charge in [-0.3, -0.25) is 9.78 Å². The van der Waals surface area contributed by atoms with Crippen molar-refractivity contribution >= 4 is 6.16 Å². The van der Waals surface area contributed by atoms with Crippen LogP contribution in [-0.2, 0) is 29.0 Å². The summed E-state index contributed by atoms with van der Waals surface area (Å²) >= 11 is 0. The van der Waals surface area contributed by atoms with Crippen LogP contribution < -0.4 is 0 Å². The first kappa shape index (κ1) is 15.1. The van der Waals surface area contributed by atoms with Crippen LogP contribution in [-0.4, -0.2) is 33.0 Å². The number of carbonyl (C=O) groups excluding carboxylic acids is 1. The normalized spacial score (nSPS) is 14.2. The number of hydrogen-bond acceptors (Lipinski definition) is 7. The number of ether oxygens (including phenoxy) is 2. The zero-order chi connectivity index (χ0) is 12.4. The predicted molar refractivity (Wildman–Crippen MR) is 51.9 cm³/mol. The van der Waals surface area contributed by atoms with Gasteiger partial charge in [-0.05, 0) is 12.8 Å². The van der Waals surface area contributed by atoms with Gasteiger partial charge in [0.25, 0.3) is 0 Å². The second-order valence-corrected chi connectivity index (χ2v) is 2.76. The molecule has 0 aromatic heterocycles. The van der Waals surface area contributed by atoms with E-state index in [1.165, 1.54) is 14.2 Å². The molecule has 0 aliphatic rings. The van der Waals surface area contributed by atoms with Crippen LogP contribution in [0.4, 0.5) is 4.79 Å². The highest BCUT2D eigenvalue weighted by molar-refractivity contribution is 5.58. The van der Waals surface area contributed by atoms with E-state index in [2.05, 4.69) is 19.6 Å². The third kappa shape index (κ3) is 6.57. The Hall–Kier alpha value is -0.890. The van der Waals surface area contributed by atoms with Crippen molar-refractivity contribution in [2.24, 2.45) is 0 Å². The van der Waals surface area contributed by atoms with Crippen molar-refractivity contribution in [2.45, 2.75) is 39.3 Å². The van der Waals surface area contributed by atoms with E-state index < -0.39 is 18.7 Å². The molecule has 0 bridgehead atoms. The van der Waals surface area contributed by atoms with Crippen LogP contribution >= 0.6 is 0 Å². The lowest BCUT2D eigenvalue weighted by Gasteiger charge is -2.13. The zero-order valence-electron chi connectivity index (χ0n) is 9.93. The van der Waals surface area contributed by atoms with Gasteiger partial charge in [0.2, 0.25) is 12.6 Å². The lowest BCUT2D eigenvalue weighted by atomic mass is 10.5. The molecule has 96 valence electrons. The summed E-state index contributed by atoms with van der Waals surface area (Å²) in [6, 6.07) is 0. The Morgan fingerprint density at radius 2 is 1.31 bits per heavy atom. The summed E-state index contributed by atoms with van der Waals surface area (Å²) in [4.78, 5) is 28.6. The Balaban J connectivity index is 3.65. The van der Waals surface area contributed by atoms with Crippen LogP contribution in [0.1, 0.15) is 26.7 Å². The minimum absolute atomic E-state index is 0.528. The first-order valence-corrected chi connectivity index (χ1v) is 4.94. The topological polar surface area (TPSA) is 72.5 Å². The van der Waals surface area contributed by atoms with Crippen LogP contribution in [0.2, 0.25) is 0 Å². The maximum Gasteiger partial charge on any atom is 0.573 e. The smallest absolute Gasteiger partial charge is 0.352 e. The highest BCUT2D eigenvalue weighted by Gasteiger charge is 2.15. The molecule has 0 rings (SSSR count). The lowest BCUT2D eigenvalue weighted by molar-refractivity contribution is -0.393. The van der Waals surface area contributed by atoms with Gasteiger partial charge < -0.3 is 9.47 Å². The molecule has 0 amide bonds. The molecule has 0 radical (unpaired) electrons. The van der Waals surface area contributed by atoms with Crippen molar-refractivity contribution in [3.8, 4) is 0 Å². The maximum absolute atomic E-state index is 10.9. The predicted octanol–water partition coefficient (Wildman–Crippen LogP) is 1.77. The summed E-state index contributed by atoms with van der Waals surface area (Å²) in [7, 11) is 2.86. The van der Waals surface area contributed by atoms with Crippen molar-refractivity contribution in [1.29, 1.82) is 0 Å². The molecule has 16 heavy (non-hydrogen) atoms. The number of hydrogen-bond donors (Lipinski definition) is 0. The first-order chi connectivity index (χ1) is 7.67. The fourth-order valence-corrected chi connectivity index (χ4v) is 0.748. The van der Waals surface area contributed by atoms with Gasteiger partial charge in [0.1, 0.15) is 0 Å². The van der Waals surface area contributed by atoms with Crippen molar-refractivity contribution in [2.75, 3.05) is 14.2 Å². The standard InChI is InChI=1S/C9H18O7/c1-5-7(11-3)13-15-9(10)16-14-8(6-2)12-4/h7-8H,5-6H2,1-4H3. The summed E-state index contributed by atoms with van der Waals surface area (Å²) < 4.78 is 9.59. The van der Waals surface area contributed by atoms with E-state index in [0.717, 1.165) is 0 Å². The Kier molecular flexibility index (Phi) is 8.82. The van der Waals surface area contributed by atoms with Gasteiger partial charge >= 0.3 is 6.16 Å². The Morgan fingerprint density at radius 3 is 1.56 bits per heavy atom. The maximum atomic E-state index is 10.9. The summed E-state index contributed by atoms with van der Waals surface area (Å²) in [6.07, 6.45) is -1.32. The highest BCUT2D eigenvalue weighted by atomic mass is 17.3. The van der Waals surface area contributed by atoms with Crippen molar-refractivity contribution in [3.05, 3.63) is 0 Å². The van der Waals surface area contributed by atoms with Crippen molar-refractivity contribution < 1.29 is 33.8 Å². The number of methoxy groups -OCH3 is 2. The molecule has 0 aliphatic heterocycles. The molecule has 0 heterocycles. The van der Waals surface area contributed by atoms with Gasteiger partial charge in [-0.15, -0.1) is 9.78 Å². The number of rotatable bonds is 8. The van der Waals surface area contributed by atoms with Crippen LogP contribution in [0, 0.1) is 0 Å². The van der Waals surface area contributed by atoms with E-state index >= 15 is 0 Å². The molecule has 0 saturated carbocycles. The van der Waals surface area contributed by atoms with E-state index in [0.29, 0.717) is 12.8 Å². The molecule has 2 unspecified atom stereocenters. The second kappa shape index (κ2) is 9.34. The third-order valence-electron chi connectivity index (χ3n) is 1.64. The van der Waals surface area contributed by atoms with E-state index in [9.17, 15) is 4.79 Å². The lowest BCUT2D eigenvalue weighted by Crippen LogP contribution is -2.21. The summed E-state index contributed by atoms with van der Waals surface area (Å²) in [5, 5.41) is 0. The van der Waals surface area contributed by atoms with Gasteiger partial charge in [0.15, 0.2) is 0 Å². The molecule has 0 aromatic carbocycles. The monoisotopic (exact) mass is 238 g/mol. The summed E-state index contributed by atoms with van der Waals surface area (Å²) in [5.74, 6) is 0. The highest BCUT2D eigenvalue weighted by Crippen LogP contribution is 2.03. The second-order valence-electron chi connectivity index (χ2n) is 2.76. The molecule has 0 spiro atoms. The molecule has 0 N–H and O–H groups in total. The fraction of sp³-hybridized carbons (Fsp3) is 0.889. The Bertz CT molecular complexity index is 159. The SMILES string of the molecule is CCC(OC)OOC(=O)OOC(CC)OC. The van der Waals surface area contributed by atoms with Gasteiger partial charge in [-0.2, -0.15) is 4.79 Å². The van der Waals surface area contributed by atoms with Gasteiger partial charge in [-0.25, -0.2) is 0 Å². The average molecular weight is 238 g/mol. The van der Waals surface area contributed by atoms with Gasteiger partial charge in [0.05, 0.1) is 0 Å². The minimum Gasteiger partial charge on any atom is -0.352 e. The summed E-state index contributed by atoms with van der Waals surface area (Å²) in [5.41, 5.74) is 0.